The number of hydrogen-bond donors (Lipinski definition) is 1. The lowest BCUT2D eigenvalue weighted by molar-refractivity contribution is -0.122. The zero-order valence-electron chi connectivity index (χ0n) is 11.5. The summed E-state index contributed by atoms with van der Waals surface area (Å²) in [6.07, 6.45) is 3.46. The third-order valence-corrected chi connectivity index (χ3v) is 4.16. The Balaban J connectivity index is 1.63. The Morgan fingerprint density at radius 1 is 1.33 bits per heavy atom. The first-order valence-corrected chi connectivity index (χ1v) is 7.76. The molecule has 0 saturated heterocycles. The molecule has 0 bridgehead atoms. The Kier molecular flexibility index (Phi) is 4.29. The lowest BCUT2D eigenvalue weighted by atomic mass is 10.0. The Morgan fingerprint density at radius 2 is 2.24 bits per heavy atom. The Labute approximate surface area is 131 Å². The number of amides is 1. The lowest BCUT2D eigenvalue weighted by Crippen LogP contribution is -2.32. The molecule has 0 fully saturated rings. The molecule has 110 valence electrons. The van der Waals surface area contributed by atoms with Gasteiger partial charge in [0.25, 0.3) is 0 Å². The Morgan fingerprint density at radius 3 is 3.05 bits per heavy atom. The van der Waals surface area contributed by atoms with Crippen molar-refractivity contribution in [3.63, 3.8) is 0 Å². The molecule has 1 N–H and O–H groups in total. The fourth-order valence-electron chi connectivity index (χ4n) is 2.49. The predicted molar refractivity (Wildman–Crippen MR) is 82.2 cm³/mol. The van der Waals surface area contributed by atoms with E-state index in [2.05, 4.69) is 21.2 Å². The number of nitrogens with one attached hydrogen (secondary N) is 1. The van der Waals surface area contributed by atoms with E-state index in [-0.39, 0.29) is 11.9 Å². The summed E-state index contributed by atoms with van der Waals surface area (Å²) in [4.78, 5) is 12.1. The molecule has 1 amide bonds. The second-order valence-electron chi connectivity index (χ2n) is 4.99. The van der Waals surface area contributed by atoms with Crippen molar-refractivity contribution in [1.29, 1.82) is 0 Å². The summed E-state index contributed by atoms with van der Waals surface area (Å²) in [5, 5.41) is 3.08. The topological polar surface area (TPSA) is 51.5 Å². The first-order chi connectivity index (χ1) is 10.2. The minimum atomic E-state index is 0.00958. The van der Waals surface area contributed by atoms with Gasteiger partial charge >= 0.3 is 0 Å². The summed E-state index contributed by atoms with van der Waals surface area (Å²) in [6, 6.07) is 9.62. The largest absolute Gasteiger partial charge is 0.492 e. The minimum Gasteiger partial charge on any atom is -0.492 e. The number of ether oxygens (including phenoxy) is 1. The molecule has 1 aliphatic heterocycles. The molecular weight excluding hydrogens is 334 g/mol. The third-order valence-electron chi connectivity index (χ3n) is 3.54. The smallest absolute Gasteiger partial charge is 0.220 e. The van der Waals surface area contributed by atoms with Gasteiger partial charge in [0.1, 0.15) is 11.5 Å². The number of carbonyl (C=O) groups is 1. The van der Waals surface area contributed by atoms with Crippen LogP contribution in [0, 0.1) is 0 Å². The molecular formula is C16H16BrNO3. The molecule has 1 aromatic carbocycles. The highest BCUT2D eigenvalue weighted by Gasteiger charge is 2.24. The molecule has 0 radical (unpaired) electrons. The van der Waals surface area contributed by atoms with Gasteiger partial charge in [-0.15, -0.1) is 0 Å². The van der Waals surface area contributed by atoms with E-state index >= 15 is 0 Å². The maximum atomic E-state index is 12.1. The summed E-state index contributed by atoms with van der Waals surface area (Å²) in [5.41, 5.74) is 1.03. The number of para-hydroxylation sites is 1. The molecule has 21 heavy (non-hydrogen) atoms. The van der Waals surface area contributed by atoms with Crippen LogP contribution in [0.1, 0.15) is 30.2 Å². The average molecular weight is 350 g/mol. The van der Waals surface area contributed by atoms with Crippen LogP contribution >= 0.6 is 15.9 Å². The van der Waals surface area contributed by atoms with Crippen LogP contribution in [0.2, 0.25) is 0 Å². The summed E-state index contributed by atoms with van der Waals surface area (Å²) in [6.45, 7) is 0.610. The van der Waals surface area contributed by atoms with Crippen molar-refractivity contribution in [2.75, 3.05) is 6.61 Å². The molecule has 0 aliphatic carbocycles. The van der Waals surface area contributed by atoms with E-state index in [1.807, 2.05) is 30.3 Å². The summed E-state index contributed by atoms with van der Waals surface area (Å²) in [7, 11) is 0. The van der Waals surface area contributed by atoms with E-state index < -0.39 is 0 Å². The van der Waals surface area contributed by atoms with Crippen molar-refractivity contribution in [3.05, 3.63) is 52.4 Å². The molecule has 0 saturated carbocycles. The number of rotatable bonds is 4. The molecule has 1 aliphatic rings. The van der Waals surface area contributed by atoms with E-state index in [1.165, 1.54) is 0 Å². The van der Waals surface area contributed by atoms with Gasteiger partial charge in [-0.25, -0.2) is 0 Å². The van der Waals surface area contributed by atoms with Crippen LogP contribution in [0.5, 0.6) is 5.75 Å². The molecule has 4 nitrogen and oxygen atoms in total. The summed E-state index contributed by atoms with van der Waals surface area (Å²) < 4.78 is 11.8. The van der Waals surface area contributed by atoms with Gasteiger partial charge in [0, 0.05) is 24.8 Å². The number of fused-ring (bicyclic) bond motifs is 1. The number of aryl methyl sites for hydroxylation is 1. The number of halogens is 1. The van der Waals surface area contributed by atoms with E-state index in [9.17, 15) is 4.79 Å². The Hall–Kier alpha value is -1.75. The van der Waals surface area contributed by atoms with Crippen LogP contribution < -0.4 is 10.1 Å². The predicted octanol–water partition coefficient (Wildman–Crippen LogP) is 3.61. The standard InChI is InChI=1S/C16H16BrNO3/c17-13-5-1-4-12-14(8-10-21-16(12)13)18-15(19)7-6-11-3-2-9-20-11/h1-5,9,14H,6-8,10H2,(H,18,19)/t14-/m1/s1. The highest BCUT2D eigenvalue weighted by Crippen LogP contribution is 2.37. The molecule has 2 heterocycles. The SMILES string of the molecule is O=C(CCc1ccco1)N[C@@H]1CCOc2c(Br)cccc21. The lowest BCUT2D eigenvalue weighted by Gasteiger charge is -2.27. The van der Waals surface area contributed by atoms with E-state index in [0.717, 1.165) is 28.0 Å². The van der Waals surface area contributed by atoms with Gasteiger partial charge in [-0.1, -0.05) is 12.1 Å². The fraction of sp³-hybridized carbons (Fsp3) is 0.312. The van der Waals surface area contributed by atoms with Crippen LogP contribution in [0.3, 0.4) is 0 Å². The average Bonchev–Trinajstić information content (AvgIpc) is 3.00. The summed E-state index contributed by atoms with van der Waals surface area (Å²) >= 11 is 3.48. The molecule has 2 aromatic rings. The van der Waals surface area contributed by atoms with Gasteiger partial charge in [-0.3, -0.25) is 4.79 Å². The number of benzene rings is 1. The first-order valence-electron chi connectivity index (χ1n) is 6.97. The number of hydrogen-bond acceptors (Lipinski definition) is 3. The highest BCUT2D eigenvalue weighted by atomic mass is 79.9. The van der Waals surface area contributed by atoms with Gasteiger partial charge in [0.05, 0.1) is 23.4 Å². The van der Waals surface area contributed by atoms with Crippen molar-refractivity contribution in [2.45, 2.75) is 25.3 Å². The van der Waals surface area contributed by atoms with Gasteiger partial charge in [-0.05, 0) is 34.1 Å². The first kappa shape index (κ1) is 14.2. The van der Waals surface area contributed by atoms with Crippen LogP contribution in [0.15, 0.2) is 45.5 Å². The molecule has 3 rings (SSSR count). The second kappa shape index (κ2) is 6.35. The van der Waals surface area contributed by atoms with Crippen LogP contribution in [0.4, 0.5) is 0 Å². The van der Waals surface area contributed by atoms with Gasteiger partial charge in [0.2, 0.25) is 5.91 Å². The maximum absolute atomic E-state index is 12.1. The van der Waals surface area contributed by atoms with Crippen molar-refractivity contribution in [1.82, 2.24) is 5.32 Å². The minimum absolute atomic E-state index is 0.00958. The van der Waals surface area contributed by atoms with Crippen molar-refractivity contribution >= 4 is 21.8 Å². The van der Waals surface area contributed by atoms with E-state index in [1.54, 1.807) is 6.26 Å². The number of carbonyl (C=O) groups excluding carboxylic acids is 1. The molecule has 0 unspecified atom stereocenters. The maximum Gasteiger partial charge on any atom is 0.220 e. The van der Waals surface area contributed by atoms with Crippen molar-refractivity contribution in [2.24, 2.45) is 0 Å². The number of furan rings is 1. The van der Waals surface area contributed by atoms with Gasteiger partial charge in [0.15, 0.2) is 0 Å². The van der Waals surface area contributed by atoms with Crippen molar-refractivity contribution in [3.8, 4) is 5.75 Å². The molecule has 1 aromatic heterocycles. The fourth-order valence-corrected chi connectivity index (χ4v) is 2.99. The highest BCUT2D eigenvalue weighted by molar-refractivity contribution is 9.10. The van der Waals surface area contributed by atoms with Crippen LogP contribution in [-0.4, -0.2) is 12.5 Å². The second-order valence-corrected chi connectivity index (χ2v) is 5.85. The molecule has 0 spiro atoms. The zero-order chi connectivity index (χ0) is 14.7. The zero-order valence-corrected chi connectivity index (χ0v) is 13.1. The Bertz CT molecular complexity index is 624. The summed E-state index contributed by atoms with van der Waals surface area (Å²) in [5.74, 6) is 1.70. The van der Waals surface area contributed by atoms with Crippen LogP contribution in [-0.2, 0) is 11.2 Å². The quantitative estimate of drug-likeness (QED) is 0.917. The monoisotopic (exact) mass is 349 g/mol. The van der Waals surface area contributed by atoms with E-state index in [4.69, 9.17) is 9.15 Å². The van der Waals surface area contributed by atoms with Gasteiger partial charge in [-0.2, -0.15) is 0 Å². The third kappa shape index (κ3) is 3.29. The normalized spacial score (nSPS) is 16.9. The van der Waals surface area contributed by atoms with Gasteiger partial charge < -0.3 is 14.5 Å². The molecule has 1 atom stereocenters. The van der Waals surface area contributed by atoms with Crippen molar-refractivity contribution < 1.29 is 13.9 Å². The van der Waals surface area contributed by atoms with E-state index in [0.29, 0.717) is 19.4 Å². The molecule has 5 heteroatoms. The van der Waals surface area contributed by atoms with Crippen LogP contribution in [0.25, 0.3) is 0 Å².